The van der Waals surface area contributed by atoms with Crippen LogP contribution in [-0.2, 0) is 36.1 Å². The Hall–Kier alpha value is -4.30. The van der Waals surface area contributed by atoms with E-state index in [1.165, 1.54) is 16.7 Å². The molecule has 3 aromatic carbocycles. The molecule has 2 heterocycles. The maximum absolute atomic E-state index is 14.9. The Balaban J connectivity index is 1.19. The number of hydrogen-bond donors (Lipinski definition) is 3. The molecular formula is C35H36FN5O2. The molecule has 1 fully saturated rings. The molecule has 2 amide bonds. The average molecular weight is 578 g/mol. The summed E-state index contributed by atoms with van der Waals surface area (Å²) in [5.74, 6) is -1.31. The average Bonchev–Trinajstić information content (AvgIpc) is 3.44. The van der Waals surface area contributed by atoms with E-state index in [9.17, 15) is 14.0 Å². The molecule has 0 radical (unpaired) electrons. The number of alkyl halides is 1. The summed E-state index contributed by atoms with van der Waals surface area (Å²) < 4.78 is 16.9. The monoisotopic (exact) mass is 577 g/mol. The van der Waals surface area contributed by atoms with Crippen molar-refractivity contribution in [2.75, 3.05) is 5.32 Å². The number of fused-ring (bicyclic) bond motifs is 2. The third-order valence-electron chi connectivity index (χ3n) is 9.29. The van der Waals surface area contributed by atoms with Gasteiger partial charge in [0.1, 0.15) is 6.04 Å². The number of nitrogens with zero attached hydrogens (tertiary/aromatic N) is 2. The molecule has 3 N–H and O–H groups in total. The smallest absolute Gasteiger partial charge is 0.258 e. The third-order valence-corrected chi connectivity index (χ3v) is 9.29. The van der Waals surface area contributed by atoms with E-state index in [1.54, 1.807) is 6.33 Å². The van der Waals surface area contributed by atoms with Crippen LogP contribution in [0.5, 0.6) is 0 Å². The summed E-state index contributed by atoms with van der Waals surface area (Å²) in [6.45, 7) is 3.71. The van der Waals surface area contributed by atoms with E-state index >= 15 is 0 Å². The summed E-state index contributed by atoms with van der Waals surface area (Å²) in [4.78, 5) is 31.3. The number of imidazole rings is 1. The highest BCUT2D eigenvalue weighted by atomic mass is 19.1. The normalized spacial score (nSPS) is 18.8. The van der Waals surface area contributed by atoms with Crippen LogP contribution in [-0.4, -0.2) is 33.1 Å². The number of carbonyl (C=O) groups is 2. The lowest BCUT2D eigenvalue weighted by Gasteiger charge is -2.33. The predicted octanol–water partition coefficient (Wildman–Crippen LogP) is 5.71. The summed E-state index contributed by atoms with van der Waals surface area (Å²) in [7, 11) is 1.95. The van der Waals surface area contributed by atoms with Crippen molar-refractivity contribution in [1.82, 2.24) is 20.2 Å². The molecule has 43 heavy (non-hydrogen) atoms. The van der Waals surface area contributed by atoms with Crippen molar-refractivity contribution >= 4 is 17.5 Å². The van der Waals surface area contributed by atoms with Crippen LogP contribution >= 0.6 is 0 Å². The molecule has 4 aromatic rings. The maximum Gasteiger partial charge on any atom is 0.258 e. The van der Waals surface area contributed by atoms with Gasteiger partial charge in [-0.25, -0.2) is 9.37 Å². The number of halogens is 1. The van der Waals surface area contributed by atoms with Gasteiger partial charge in [0.25, 0.3) is 5.91 Å². The molecule has 0 unspecified atom stereocenters. The molecule has 1 aromatic heterocycles. The van der Waals surface area contributed by atoms with Gasteiger partial charge < -0.3 is 20.5 Å². The number of aromatic nitrogens is 2. The molecule has 3 aliphatic rings. The van der Waals surface area contributed by atoms with Crippen LogP contribution < -0.4 is 16.0 Å². The minimum Gasteiger partial charge on any atom is -0.341 e. The van der Waals surface area contributed by atoms with Crippen LogP contribution in [0, 0.1) is 6.92 Å². The van der Waals surface area contributed by atoms with Crippen molar-refractivity contribution in [2.24, 2.45) is 7.05 Å². The fourth-order valence-electron chi connectivity index (χ4n) is 6.68. The fourth-order valence-corrected chi connectivity index (χ4v) is 6.68. The van der Waals surface area contributed by atoms with Gasteiger partial charge in [-0.3, -0.25) is 9.59 Å². The highest BCUT2D eigenvalue weighted by Crippen LogP contribution is 2.42. The number of anilines is 1. The Morgan fingerprint density at radius 3 is 2.40 bits per heavy atom. The Bertz CT molecular complexity index is 1700. The van der Waals surface area contributed by atoms with E-state index in [2.05, 4.69) is 57.3 Å². The summed E-state index contributed by atoms with van der Waals surface area (Å²) in [5, 5.41) is 9.27. The zero-order valence-corrected chi connectivity index (χ0v) is 24.5. The molecule has 2 atom stereocenters. The first-order valence-electron chi connectivity index (χ1n) is 15.1. The number of hydrogen-bond acceptors (Lipinski definition) is 4. The quantitative estimate of drug-likeness (QED) is 0.263. The topological polar surface area (TPSA) is 88.1 Å². The van der Waals surface area contributed by atoms with Crippen LogP contribution in [0.1, 0.15) is 59.5 Å². The van der Waals surface area contributed by atoms with Crippen molar-refractivity contribution in [3.8, 4) is 22.4 Å². The lowest BCUT2D eigenvalue weighted by Crippen LogP contribution is -2.51. The van der Waals surface area contributed by atoms with Crippen LogP contribution in [0.3, 0.4) is 0 Å². The number of benzene rings is 3. The first-order chi connectivity index (χ1) is 20.8. The van der Waals surface area contributed by atoms with Gasteiger partial charge in [0, 0.05) is 37.3 Å². The number of carbonyl (C=O) groups excluding carboxylic acids is 2. The molecule has 2 aliphatic carbocycles. The zero-order valence-electron chi connectivity index (χ0n) is 24.5. The number of rotatable bonds is 7. The minimum atomic E-state index is -1.88. The second-order valence-electron chi connectivity index (χ2n) is 12.3. The molecule has 1 aliphatic heterocycles. The van der Waals surface area contributed by atoms with Gasteiger partial charge >= 0.3 is 0 Å². The second kappa shape index (κ2) is 10.8. The number of amides is 2. The first kappa shape index (κ1) is 27.5. The molecule has 1 saturated carbocycles. The third kappa shape index (κ3) is 5.25. The largest absolute Gasteiger partial charge is 0.341 e. The SMILES string of the molecule is Cc1ncn(C)c1-c1ccc(NC(=O)[C@@H](NC(=O)C2(F)CC2)[C@@H]2CCCc3ccc(-c4ccc5c(c4)CNC5)cc32)cc1. The molecule has 7 nitrogen and oxygen atoms in total. The lowest BCUT2D eigenvalue weighted by atomic mass is 9.77. The molecule has 7 rings (SSSR count). The van der Waals surface area contributed by atoms with Crippen molar-refractivity contribution < 1.29 is 14.0 Å². The van der Waals surface area contributed by atoms with E-state index in [-0.39, 0.29) is 24.7 Å². The molecule has 0 saturated heterocycles. The number of nitrogens with one attached hydrogen (secondary N) is 3. The lowest BCUT2D eigenvalue weighted by molar-refractivity contribution is -0.131. The van der Waals surface area contributed by atoms with E-state index in [0.717, 1.165) is 66.0 Å². The summed E-state index contributed by atoms with van der Waals surface area (Å²) in [6.07, 6.45) is 4.69. The van der Waals surface area contributed by atoms with Crippen LogP contribution in [0.25, 0.3) is 22.4 Å². The Labute approximate surface area is 250 Å². The standard InChI is InChI=1S/C35H36FN5O2/c1-21-32(41(2)20-38-21)23-10-12-28(13-11-23)39-33(42)31(40-34(43)35(36)14-15-35)29-5-3-4-22-6-7-25(17-30(22)29)24-8-9-26-18-37-19-27(26)16-24/h6-13,16-17,20,29,31,37H,3-5,14-15,18-19H2,1-2H3,(H,39,42)(H,40,43)/t29-,31+/m1/s1. The molecular weight excluding hydrogens is 541 g/mol. The first-order valence-corrected chi connectivity index (χ1v) is 15.1. The van der Waals surface area contributed by atoms with Gasteiger partial charge in [-0.2, -0.15) is 0 Å². The number of aryl methyl sites for hydroxylation is 3. The molecule has 220 valence electrons. The van der Waals surface area contributed by atoms with Crippen LogP contribution in [0.2, 0.25) is 0 Å². The van der Waals surface area contributed by atoms with E-state index < -0.39 is 17.6 Å². The van der Waals surface area contributed by atoms with Crippen LogP contribution in [0.4, 0.5) is 10.1 Å². The Morgan fingerprint density at radius 2 is 1.67 bits per heavy atom. The molecule has 8 heteroatoms. The zero-order chi connectivity index (χ0) is 29.7. The van der Waals surface area contributed by atoms with Gasteiger partial charge in [0.05, 0.1) is 17.7 Å². The molecule has 0 spiro atoms. The van der Waals surface area contributed by atoms with Gasteiger partial charge in [-0.1, -0.05) is 42.5 Å². The Morgan fingerprint density at radius 1 is 0.977 bits per heavy atom. The summed E-state index contributed by atoms with van der Waals surface area (Å²) in [6, 6.07) is 19.7. The van der Waals surface area contributed by atoms with Crippen molar-refractivity contribution in [2.45, 2.75) is 69.7 Å². The fraction of sp³-hybridized carbons (Fsp3) is 0.343. The van der Waals surface area contributed by atoms with Gasteiger partial charge in [0.2, 0.25) is 5.91 Å². The van der Waals surface area contributed by atoms with Crippen LogP contribution in [0.15, 0.2) is 67.0 Å². The van der Waals surface area contributed by atoms with E-state index in [1.807, 2.05) is 42.8 Å². The molecule has 0 bridgehead atoms. The summed E-state index contributed by atoms with van der Waals surface area (Å²) in [5.41, 5.74) is 8.72. The van der Waals surface area contributed by atoms with Crippen molar-refractivity contribution in [3.05, 3.63) is 94.9 Å². The highest BCUT2D eigenvalue weighted by molar-refractivity contribution is 6.00. The Kier molecular flexibility index (Phi) is 6.89. The highest BCUT2D eigenvalue weighted by Gasteiger charge is 2.52. The van der Waals surface area contributed by atoms with Gasteiger partial charge in [-0.05, 0) is 90.6 Å². The van der Waals surface area contributed by atoms with Gasteiger partial charge in [0.15, 0.2) is 5.67 Å². The second-order valence-corrected chi connectivity index (χ2v) is 12.3. The van der Waals surface area contributed by atoms with E-state index in [0.29, 0.717) is 5.69 Å². The predicted molar refractivity (Wildman–Crippen MR) is 165 cm³/mol. The van der Waals surface area contributed by atoms with E-state index in [4.69, 9.17) is 0 Å². The van der Waals surface area contributed by atoms with Crippen molar-refractivity contribution in [1.29, 1.82) is 0 Å². The minimum absolute atomic E-state index is 0.195. The maximum atomic E-state index is 14.9. The summed E-state index contributed by atoms with van der Waals surface area (Å²) >= 11 is 0. The van der Waals surface area contributed by atoms with Gasteiger partial charge in [-0.15, -0.1) is 0 Å². The van der Waals surface area contributed by atoms with Crippen molar-refractivity contribution in [3.63, 3.8) is 0 Å².